The standard InChI is InChI=1S/C4H11N3O2/c5-7-4(9)3-6-1-2-8/h6,8H,1-3,5H2,(H,7,9). The van der Waals surface area contributed by atoms with E-state index in [1.54, 1.807) is 0 Å². The van der Waals surface area contributed by atoms with Gasteiger partial charge in [0.1, 0.15) is 0 Å². The smallest absolute Gasteiger partial charge is 0.247 e. The lowest BCUT2D eigenvalue weighted by Crippen LogP contribution is -2.38. The first-order valence-electron chi connectivity index (χ1n) is 2.62. The first-order valence-corrected chi connectivity index (χ1v) is 2.62. The zero-order chi connectivity index (χ0) is 7.11. The molecule has 0 unspecified atom stereocenters. The number of nitrogens with one attached hydrogen (secondary N) is 2. The van der Waals surface area contributed by atoms with Gasteiger partial charge in [-0.1, -0.05) is 0 Å². The molecule has 5 nitrogen and oxygen atoms in total. The Bertz CT molecular complexity index is 85.9. The minimum absolute atomic E-state index is 0.0256. The molecule has 0 spiro atoms. The number of hydrazine groups is 1. The SMILES string of the molecule is NNC(=O)CNCCO. The van der Waals surface area contributed by atoms with E-state index in [1.807, 2.05) is 5.43 Å². The molecule has 0 saturated carbocycles. The number of aliphatic hydroxyl groups excluding tert-OH is 1. The number of carbonyl (C=O) groups is 1. The van der Waals surface area contributed by atoms with Gasteiger partial charge in [0.2, 0.25) is 5.91 Å². The molecule has 0 aromatic carbocycles. The Morgan fingerprint density at radius 3 is 2.78 bits per heavy atom. The van der Waals surface area contributed by atoms with Gasteiger partial charge in [-0.3, -0.25) is 10.2 Å². The van der Waals surface area contributed by atoms with Gasteiger partial charge in [0.05, 0.1) is 13.2 Å². The highest BCUT2D eigenvalue weighted by atomic mass is 16.3. The molecule has 0 saturated heterocycles. The quantitative estimate of drug-likeness (QED) is 0.148. The molecule has 5 heteroatoms. The van der Waals surface area contributed by atoms with E-state index in [4.69, 9.17) is 10.9 Å². The second-order valence-electron chi connectivity index (χ2n) is 1.47. The molecular weight excluding hydrogens is 122 g/mol. The van der Waals surface area contributed by atoms with Gasteiger partial charge in [-0.05, 0) is 0 Å². The molecule has 54 valence electrons. The van der Waals surface area contributed by atoms with Crippen molar-refractivity contribution in [3.63, 3.8) is 0 Å². The van der Waals surface area contributed by atoms with Gasteiger partial charge < -0.3 is 10.4 Å². The number of aliphatic hydroxyl groups is 1. The summed E-state index contributed by atoms with van der Waals surface area (Å²) in [7, 11) is 0. The summed E-state index contributed by atoms with van der Waals surface area (Å²) in [6.07, 6.45) is 0. The maximum absolute atomic E-state index is 10.3. The fourth-order valence-electron chi connectivity index (χ4n) is 0.332. The molecule has 0 aromatic heterocycles. The van der Waals surface area contributed by atoms with Crippen LogP contribution in [0.25, 0.3) is 0 Å². The Kier molecular flexibility index (Phi) is 5.09. The van der Waals surface area contributed by atoms with Crippen molar-refractivity contribution in [3.05, 3.63) is 0 Å². The summed E-state index contributed by atoms with van der Waals surface area (Å²) in [5, 5.41) is 10.9. The van der Waals surface area contributed by atoms with Crippen LogP contribution >= 0.6 is 0 Å². The van der Waals surface area contributed by atoms with Gasteiger partial charge in [0, 0.05) is 6.54 Å². The normalized spacial score (nSPS) is 9.11. The highest BCUT2D eigenvalue weighted by Crippen LogP contribution is 1.58. The maximum atomic E-state index is 10.3. The van der Waals surface area contributed by atoms with Crippen LogP contribution < -0.4 is 16.6 Å². The molecule has 0 heterocycles. The predicted octanol–water partition coefficient (Wildman–Crippen LogP) is -2.44. The molecule has 0 aliphatic carbocycles. The van der Waals surface area contributed by atoms with E-state index >= 15 is 0 Å². The van der Waals surface area contributed by atoms with Crippen molar-refractivity contribution in [1.29, 1.82) is 0 Å². The van der Waals surface area contributed by atoms with Crippen LogP contribution in [0.4, 0.5) is 0 Å². The van der Waals surface area contributed by atoms with Gasteiger partial charge in [0.25, 0.3) is 0 Å². The first-order chi connectivity index (χ1) is 4.31. The molecule has 0 fully saturated rings. The Balaban J connectivity index is 2.97. The molecular formula is C4H11N3O2. The second-order valence-corrected chi connectivity index (χ2v) is 1.47. The van der Waals surface area contributed by atoms with Crippen LogP contribution in [-0.4, -0.2) is 30.7 Å². The van der Waals surface area contributed by atoms with Crippen LogP contribution in [0.15, 0.2) is 0 Å². The van der Waals surface area contributed by atoms with Crippen LogP contribution in [0.5, 0.6) is 0 Å². The van der Waals surface area contributed by atoms with Crippen LogP contribution in [-0.2, 0) is 4.79 Å². The molecule has 9 heavy (non-hydrogen) atoms. The molecule has 0 aliphatic heterocycles. The summed E-state index contributed by atoms with van der Waals surface area (Å²) >= 11 is 0. The van der Waals surface area contributed by atoms with E-state index in [1.165, 1.54) is 0 Å². The van der Waals surface area contributed by atoms with E-state index in [-0.39, 0.29) is 19.1 Å². The van der Waals surface area contributed by atoms with Crippen molar-refractivity contribution in [1.82, 2.24) is 10.7 Å². The van der Waals surface area contributed by atoms with E-state index in [0.29, 0.717) is 6.54 Å². The summed E-state index contributed by atoms with van der Waals surface area (Å²) in [6.45, 7) is 0.586. The Morgan fingerprint density at radius 2 is 2.33 bits per heavy atom. The molecule has 0 radical (unpaired) electrons. The topological polar surface area (TPSA) is 87.4 Å². The van der Waals surface area contributed by atoms with Gasteiger partial charge in [-0.15, -0.1) is 0 Å². The fraction of sp³-hybridized carbons (Fsp3) is 0.750. The molecule has 5 N–H and O–H groups in total. The summed E-state index contributed by atoms with van der Waals surface area (Å²) in [4.78, 5) is 10.3. The maximum Gasteiger partial charge on any atom is 0.247 e. The highest BCUT2D eigenvalue weighted by Gasteiger charge is 1.93. The van der Waals surface area contributed by atoms with E-state index in [9.17, 15) is 4.79 Å². The molecule has 1 amide bonds. The lowest BCUT2D eigenvalue weighted by atomic mass is 10.6. The van der Waals surface area contributed by atoms with Gasteiger partial charge in [0.15, 0.2) is 0 Å². The average molecular weight is 133 g/mol. The highest BCUT2D eigenvalue weighted by molar-refractivity contribution is 5.77. The van der Waals surface area contributed by atoms with Crippen LogP contribution in [0.1, 0.15) is 0 Å². The summed E-state index contributed by atoms with van der Waals surface area (Å²) in [6, 6.07) is 0. The lowest BCUT2D eigenvalue weighted by molar-refractivity contribution is -0.120. The van der Waals surface area contributed by atoms with Crippen LogP contribution in [0.3, 0.4) is 0 Å². The van der Waals surface area contributed by atoms with Crippen LogP contribution in [0.2, 0.25) is 0 Å². The van der Waals surface area contributed by atoms with Crippen molar-refractivity contribution in [2.45, 2.75) is 0 Å². The van der Waals surface area contributed by atoms with E-state index in [2.05, 4.69) is 5.32 Å². The van der Waals surface area contributed by atoms with Crippen molar-refractivity contribution >= 4 is 5.91 Å². The number of hydrogen-bond acceptors (Lipinski definition) is 4. The third kappa shape index (κ3) is 5.22. The van der Waals surface area contributed by atoms with Crippen molar-refractivity contribution in [2.24, 2.45) is 5.84 Å². The number of nitrogens with two attached hydrogens (primary N) is 1. The van der Waals surface area contributed by atoms with Crippen LogP contribution in [0, 0.1) is 0 Å². The number of amides is 1. The van der Waals surface area contributed by atoms with Gasteiger partial charge >= 0.3 is 0 Å². The lowest BCUT2D eigenvalue weighted by Gasteiger charge is -1.98. The van der Waals surface area contributed by atoms with Crippen molar-refractivity contribution in [3.8, 4) is 0 Å². The molecule has 0 aliphatic rings. The summed E-state index contributed by atoms with van der Waals surface area (Å²) in [5.74, 6) is 4.46. The monoisotopic (exact) mass is 133 g/mol. The molecule has 0 atom stereocenters. The third-order valence-corrected chi connectivity index (χ3v) is 0.735. The number of hydrogen-bond donors (Lipinski definition) is 4. The van der Waals surface area contributed by atoms with Crippen molar-refractivity contribution < 1.29 is 9.90 Å². The van der Waals surface area contributed by atoms with E-state index < -0.39 is 0 Å². The minimum atomic E-state index is -0.288. The Morgan fingerprint density at radius 1 is 1.67 bits per heavy atom. The number of carbonyl (C=O) groups excluding carboxylic acids is 1. The number of rotatable bonds is 4. The first kappa shape index (κ1) is 8.35. The van der Waals surface area contributed by atoms with Crippen molar-refractivity contribution in [2.75, 3.05) is 19.7 Å². The average Bonchev–Trinajstić information content (AvgIpc) is 1.89. The molecule has 0 rings (SSSR count). The Labute approximate surface area is 53.2 Å². The third-order valence-electron chi connectivity index (χ3n) is 0.735. The predicted molar refractivity (Wildman–Crippen MR) is 32.3 cm³/mol. The summed E-state index contributed by atoms with van der Waals surface area (Å²) < 4.78 is 0. The van der Waals surface area contributed by atoms with Gasteiger partial charge in [-0.25, -0.2) is 5.84 Å². The van der Waals surface area contributed by atoms with E-state index in [0.717, 1.165) is 0 Å². The minimum Gasteiger partial charge on any atom is -0.395 e. The largest absolute Gasteiger partial charge is 0.395 e. The zero-order valence-electron chi connectivity index (χ0n) is 5.05. The fourth-order valence-corrected chi connectivity index (χ4v) is 0.332. The zero-order valence-corrected chi connectivity index (χ0v) is 5.05. The van der Waals surface area contributed by atoms with Gasteiger partial charge in [-0.2, -0.15) is 0 Å². The molecule has 0 bridgehead atoms. The second kappa shape index (κ2) is 5.49. The molecule has 0 aromatic rings. The summed E-state index contributed by atoms with van der Waals surface area (Å²) in [5.41, 5.74) is 1.94. The Hall–Kier alpha value is -0.650.